The highest BCUT2D eigenvalue weighted by atomic mass is 16.5. The summed E-state index contributed by atoms with van der Waals surface area (Å²) in [7, 11) is 0. The molecule has 1 aliphatic heterocycles. The molecule has 1 aromatic heterocycles. The normalized spacial score (nSPS) is 20.3. The molecular formula is C12H18N4O4. The van der Waals surface area contributed by atoms with E-state index in [2.05, 4.69) is 20.6 Å². The third-order valence-corrected chi connectivity index (χ3v) is 3.03. The lowest BCUT2D eigenvalue weighted by Crippen LogP contribution is -2.46. The van der Waals surface area contributed by atoms with Crippen LogP contribution in [0.3, 0.4) is 0 Å². The molecule has 2 atom stereocenters. The second-order valence-electron chi connectivity index (χ2n) is 4.64. The molecule has 1 unspecified atom stereocenters. The van der Waals surface area contributed by atoms with Crippen LogP contribution in [0.5, 0.6) is 0 Å². The van der Waals surface area contributed by atoms with Gasteiger partial charge in [0.2, 0.25) is 5.91 Å². The van der Waals surface area contributed by atoms with Crippen LogP contribution in [0.4, 0.5) is 0 Å². The summed E-state index contributed by atoms with van der Waals surface area (Å²) in [6, 6.07) is -0.973. The van der Waals surface area contributed by atoms with Gasteiger partial charge in [-0.05, 0) is 0 Å². The number of ether oxygens (including phenoxy) is 1. The van der Waals surface area contributed by atoms with Gasteiger partial charge in [-0.3, -0.25) is 4.79 Å². The van der Waals surface area contributed by atoms with Crippen molar-refractivity contribution in [1.82, 2.24) is 20.6 Å². The molecule has 0 aromatic carbocycles. The van der Waals surface area contributed by atoms with Crippen LogP contribution in [0, 0.1) is 0 Å². The lowest BCUT2D eigenvalue weighted by Gasteiger charge is -2.23. The van der Waals surface area contributed by atoms with Crippen molar-refractivity contribution >= 4 is 11.9 Å². The number of nitrogens with one attached hydrogen (secondary N) is 3. The summed E-state index contributed by atoms with van der Waals surface area (Å²) < 4.78 is 5.41. The average Bonchev–Trinajstić information content (AvgIpc) is 2.92. The number of hydrogen-bond acceptors (Lipinski definition) is 5. The minimum absolute atomic E-state index is 0.153. The quantitative estimate of drug-likeness (QED) is 0.526. The van der Waals surface area contributed by atoms with E-state index in [-0.39, 0.29) is 24.9 Å². The molecule has 1 aliphatic rings. The summed E-state index contributed by atoms with van der Waals surface area (Å²) in [6.45, 7) is 1.94. The summed E-state index contributed by atoms with van der Waals surface area (Å²) in [4.78, 5) is 29.6. The van der Waals surface area contributed by atoms with Crippen LogP contribution in [-0.4, -0.2) is 58.8 Å². The van der Waals surface area contributed by atoms with Crippen molar-refractivity contribution in [2.24, 2.45) is 0 Å². The molecule has 2 heterocycles. The Balaban J connectivity index is 1.83. The number of aliphatic carboxylic acids is 1. The van der Waals surface area contributed by atoms with Gasteiger partial charge in [-0.15, -0.1) is 0 Å². The summed E-state index contributed by atoms with van der Waals surface area (Å²) in [5.41, 5.74) is 0.660. The predicted molar refractivity (Wildman–Crippen MR) is 69.1 cm³/mol. The van der Waals surface area contributed by atoms with E-state index in [1.165, 1.54) is 12.5 Å². The molecule has 110 valence electrons. The van der Waals surface area contributed by atoms with Crippen molar-refractivity contribution in [3.05, 3.63) is 18.2 Å². The van der Waals surface area contributed by atoms with E-state index < -0.39 is 12.0 Å². The highest BCUT2D eigenvalue weighted by Crippen LogP contribution is 2.03. The molecule has 2 rings (SSSR count). The number of morpholine rings is 1. The molecule has 0 spiro atoms. The Hall–Kier alpha value is -1.93. The van der Waals surface area contributed by atoms with E-state index in [1.807, 2.05) is 0 Å². The van der Waals surface area contributed by atoms with E-state index in [4.69, 9.17) is 9.84 Å². The topological polar surface area (TPSA) is 116 Å². The lowest BCUT2D eigenvalue weighted by atomic mass is 10.1. The molecule has 8 heteroatoms. The second-order valence-corrected chi connectivity index (χ2v) is 4.64. The van der Waals surface area contributed by atoms with Gasteiger partial charge in [-0.25, -0.2) is 9.78 Å². The molecule has 1 fully saturated rings. The molecule has 8 nitrogen and oxygen atoms in total. The van der Waals surface area contributed by atoms with Crippen molar-refractivity contribution in [3.8, 4) is 0 Å². The number of imidazole rings is 1. The second kappa shape index (κ2) is 7.01. The first-order chi connectivity index (χ1) is 9.65. The van der Waals surface area contributed by atoms with Gasteiger partial charge in [-0.1, -0.05) is 0 Å². The fraction of sp³-hybridized carbons (Fsp3) is 0.583. The maximum absolute atomic E-state index is 11.8. The molecule has 20 heavy (non-hydrogen) atoms. The van der Waals surface area contributed by atoms with Gasteiger partial charge in [0, 0.05) is 31.4 Å². The van der Waals surface area contributed by atoms with Crippen molar-refractivity contribution < 1.29 is 19.4 Å². The minimum atomic E-state index is -1.07. The monoisotopic (exact) mass is 282 g/mol. The molecular weight excluding hydrogens is 264 g/mol. The summed E-state index contributed by atoms with van der Waals surface area (Å²) in [5, 5.41) is 14.8. The number of carbonyl (C=O) groups excluding carboxylic acids is 1. The Kier molecular flexibility index (Phi) is 5.08. The van der Waals surface area contributed by atoms with Crippen molar-refractivity contribution in [2.45, 2.75) is 25.0 Å². The van der Waals surface area contributed by atoms with Gasteiger partial charge < -0.3 is 25.5 Å². The number of carboxylic acids is 1. The Morgan fingerprint density at radius 1 is 1.60 bits per heavy atom. The molecule has 1 saturated heterocycles. The van der Waals surface area contributed by atoms with E-state index in [1.54, 1.807) is 0 Å². The summed E-state index contributed by atoms with van der Waals surface area (Å²) >= 11 is 0. The van der Waals surface area contributed by atoms with E-state index in [0.29, 0.717) is 18.8 Å². The van der Waals surface area contributed by atoms with Crippen LogP contribution >= 0.6 is 0 Å². The van der Waals surface area contributed by atoms with Crippen LogP contribution in [0.1, 0.15) is 12.1 Å². The molecule has 4 N–H and O–H groups in total. The van der Waals surface area contributed by atoms with E-state index in [0.717, 1.165) is 6.54 Å². The van der Waals surface area contributed by atoms with Gasteiger partial charge >= 0.3 is 5.97 Å². The van der Waals surface area contributed by atoms with E-state index in [9.17, 15) is 9.59 Å². The van der Waals surface area contributed by atoms with Crippen molar-refractivity contribution in [1.29, 1.82) is 0 Å². The number of amides is 1. The number of aromatic nitrogens is 2. The van der Waals surface area contributed by atoms with Crippen molar-refractivity contribution in [2.75, 3.05) is 19.7 Å². The maximum Gasteiger partial charge on any atom is 0.326 e. The van der Waals surface area contributed by atoms with Crippen LogP contribution in [-0.2, 0) is 20.7 Å². The first-order valence-electron chi connectivity index (χ1n) is 6.47. The smallest absolute Gasteiger partial charge is 0.326 e. The third-order valence-electron chi connectivity index (χ3n) is 3.03. The molecule has 0 bridgehead atoms. The standard InChI is InChI=1S/C12H18N4O4/c17-11(4-9-6-13-1-2-20-9)16-10(12(18)19)3-8-5-14-7-15-8/h5,7,9-10,13H,1-4,6H2,(H,14,15)(H,16,17)(H,18,19)/t9?,10-/m1/s1. The maximum atomic E-state index is 11.8. The zero-order valence-electron chi connectivity index (χ0n) is 11.0. The van der Waals surface area contributed by atoms with Gasteiger partial charge in [-0.2, -0.15) is 0 Å². The Bertz CT molecular complexity index is 442. The Morgan fingerprint density at radius 3 is 3.05 bits per heavy atom. The Morgan fingerprint density at radius 2 is 2.45 bits per heavy atom. The van der Waals surface area contributed by atoms with Gasteiger partial charge in [0.25, 0.3) is 0 Å². The number of aromatic amines is 1. The number of hydrogen-bond donors (Lipinski definition) is 4. The molecule has 0 radical (unpaired) electrons. The Labute approximate surface area is 115 Å². The van der Waals surface area contributed by atoms with Gasteiger partial charge in [0.15, 0.2) is 0 Å². The first kappa shape index (κ1) is 14.5. The number of nitrogens with zero attached hydrogens (tertiary/aromatic N) is 1. The zero-order valence-corrected chi connectivity index (χ0v) is 11.0. The minimum Gasteiger partial charge on any atom is -0.480 e. The predicted octanol–water partition coefficient (Wildman–Crippen LogP) is -1.10. The van der Waals surface area contributed by atoms with Crippen LogP contribution in [0.2, 0.25) is 0 Å². The highest BCUT2D eigenvalue weighted by molar-refractivity contribution is 5.83. The lowest BCUT2D eigenvalue weighted by molar-refractivity contribution is -0.142. The van der Waals surface area contributed by atoms with Gasteiger partial charge in [0.05, 0.1) is 25.5 Å². The highest BCUT2D eigenvalue weighted by Gasteiger charge is 2.23. The summed E-state index contributed by atoms with van der Waals surface area (Å²) in [6.07, 6.45) is 3.13. The first-order valence-corrected chi connectivity index (χ1v) is 6.47. The number of rotatable bonds is 6. The van der Waals surface area contributed by atoms with Crippen LogP contribution in [0.15, 0.2) is 12.5 Å². The summed E-state index contributed by atoms with van der Waals surface area (Å²) in [5.74, 6) is -1.40. The molecule has 0 saturated carbocycles. The number of carbonyl (C=O) groups is 2. The van der Waals surface area contributed by atoms with Crippen LogP contribution in [0.25, 0.3) is 0 Å². The zero-order chi connectivity index (χ0) is 14.4. The number of carboxylic acid groups (broad SMARTS) is 1. The average molecular weight is 282 g/mol. The van der Waals surface area contributed by atoms with Gasteiger partial charge in [0.1, 0.15) is 6.04 Å². The van der Waals surface area contributed by atoms with Crippen molar-refractivity contribution in [3.63, 3.8) is 0 Å². The van der Waals surface area contributed by atoms with E-state index >= 15 is 0 Å². The third kappa shape index (κ3) is 4.32. The largest absolute Gasteiger partial charge is 0.480 e. The fourth-order valence-electron chi connectivity index (χ4n) is 2.03. The molecule has 0 aliphatic carbocycles. The van der Waals surface area contributed by atoms with Crippen LogP contribution < -0.4 is 10.6 Å². The molecule has 1 aromatic rings. The fourth-order valence-corrected chi connectivity index (χ4v) is 2.03. The SMILES string of the molecule is O=C(CC1CNCCO1)N[C@H](Cc1cnc[nH]1)C(=O)O. The number of H-pyrrole nitrogens is 1. The molecule has 1 amide bonds.